The number of imidazole rings is 1. The van der Waals surface area contributed by atoms with Crippen molar-refractivity contribution >= 4 is 17.0 Å². The van der Waals surface area contributed by atoms with Gasteiger partial charge in [-0.1, -0.05) is 153 Å². The normalized spacial score (nSPS) is 18.6. The lowest BCUT2D eigenvalue weighted by atomic mass is 9.64. The lowest BCUT2D eigenvalue weighted by molar-refractivity contribution is -0.0962. The van der Waals surface area contributed by atoms with Gasteiger partial charge in [-0.3, -0.25) is 4.57 Å². The van der Waals surface area contributed by atoms with Crippen LogP contribution in [0.1, 0.15) is 59.9 Å². The molecule has 8 aromatic rings. The number of aromatic nitrogens is 4. The smallest absolute Gasteiger partial charge is 0.167 e. The molecule has 11 heteroatoms. The van der Waals surface area contributed by atoms with Gasteiger partial charge in [0.15, 0.2) is 23.2 Å². The van der Waals surface area contributed by atoms with Crippen LogP contribution in [0.15, 0.2) is 183 Å². The number of nitrogens with zero attached hydrogens (tertiary/aromatic N) is 4. The largest absolute Gasteiger partial charge is 0.497 e. The zero-order valence-corrected chi connectivity index (χ0v) is 36.9. The summed E-state index contributed by atoms with van der Waals surface area (Å²) in [6, 6.07) is 55.4. The van der Waals surface area contributed by atoms with Crippen molar-refractivity contribution in [1.29, 1.82) is 0 Å². The summed E-state index contributed by atoms with van der Waals surface area (Å²) in [6.45, 7) is 4.16. The number of hydrogen-bond donors (Lipinski definition) is 4. The highest BCUT2D eigenvalue weighted by molar-refractivity contribution is 5.84. The third-order valence-electron chi connectivity index (χ3n) is 13.0. The minimum Gasteiger partial charge on any atom is -0.497 e. The maximum Gasteiger partial charge on any atom is 0.167 e. The molecular weight excluding hydrogens is 813 g/mol. The summed E-state index contributed by atoms with van der Waals surface area (Å²) in [7, 11) is 3.29. The molecular formula is C54H54N6O5. The van der Waals surface area contributed by atoms with Crippen LogP contribution in [0.4, 0.5) is 5.82 Å². The molecule has 0 amide bonds. The fourth-order valence-electron chi connectivity index (χ4n) is 9.58. The van der Waals surface area contributed by atoms with E-state index in [4.69, 9.17) is 29.2 Å². The Kier molecular flexibility index (Phi) is 12.5. The number of rotatable bonds is 16. The van der Waals surface area contributed by atoms with Crippen molar-refractivity contribution in [3.05, 3.63) is 216 Å². The van der Waals surface area contributed by atoms with E-state index in [9.17, 15) is 10.2 Å². The van der Waals surface area contributed by atoms with Crippen LogP contribution in [0, 0.1) is 0 Å². The van der Waals surface area contributed by atoms with Gasteiger partial charge in [0.25, 0.3) is 0 Å². The Labute approximate surface area is 379 Å². The number of nitrogens with one attached hydrogen (secondary N) is 2. The number of fused-ring (bicyclic) bond motifs is 1. The average Bonchev–Trinajstić information content (AvgIpc) is 3.95. The molecule has 2 aromatic heterocycles. The van der Waals surface area contributed by atoms with E-state index in [1.807, 2.05) is 138 Å². The summed E-state index contributed by atoms with van der Waals surface area (Å²) >= 11 is 0. The first-order valence-electron chi connectivity index (χ1n) is 22.1. The van der Waals surface area contributed by atoms with E-state index in [0.29, 0.717) is 22.7 Å². The first-order valence-corrected chi connectivity index (χ1v) is 22.1. The van der Waals surface area contributed by atoms with Crippen LogP contribution in [-0.4, -0.2) is 74.3 Å². The average molecular weight is 867 g/mol. The Morgan fingerprint density at radius 1 is 0.646 bits per heavy atom. The van der Waals surface area contributed by atoms with Crippen molar-refractivity contribution in [2.45, 2.75) is 67.8 Å². The first kappa shape index (κ1) is 43.4. The number of benzene rings is 6. The molecule has 11 nitrogen and oxygen atoms in total. The molecule has 1 aliphatic rings. The lowest BCUT2D eigenvalue weighted by Gasteiger charge is -2.43. The predicted octanol–water partition coefficient (Wildman–Crippen LogP) is 8.66. The molecule has 1 fully saturated rings. The van der Waals surface area contributed by atoms with Crippen LogP contribution >= 0.6 is 0 Å². The van der Waals surface area contributed by atoms with Gasteiger partial charge < -0.3 is 35.1 Å². The Morgan fingerprint density at radius 3 is 1.60 bits per heavy atom. The van der Waals surface area contributed by atoms with E-state index >= 15 is 0 Å². The fraction of sp³-hybridized carbons (Fsp3) is 0.241. The SMILES string of the molecule is CCC(C)N[C@@H]1[C@H](O)[C@@H](C(O)C(c2ccccc2)(c2ccccc2)c2ccc(OC)cc2)O[C@H]1n1cnc2c(NC(c3ccccc3)(c3ccccc3)c3ccc(OC)cc3)ncnc21. The van der Waals surface area contributed by atoms with Crippen molar-refractivity contribution in [3.63, 3.8) is 0 Å². The molecule has 65 heavy (non-hydrogen) atoms. The number of hydrogen-bond acceptors (Lipinski definition) is 10. The minimum absolute atomic E-state index is 0.00488. The molecule has 1 saturated heterocycles. The van der Waals surface area contributed by atoms with Crippen LogP contribution in [0.25, 0.3) is 11.2 Å². The zero-order valence-electron chi connectivity index (χ0n) is 36.9. The van der Waals surface area contributed by atoms with Crippen LogP contribution in [0.3, 0.4) is 0 Å². The van der Waals surface area contributed by atoms with Crippen LogP contribution in [0.5, 0.6) is 11.5 Å². The molecule has 0 aliphatic carbocycles. The van der Waals surface area contributed by atoms with Crippen molar-refractivity contribution in [3.8, 4) is 11.5 Å². The van der Waals surface area contributed by atoms with E-state index in [1.165, 1.54) is 6.33 Å². The van der Waals surface area contributed by atoms with Gasteiger partial charge in [-0.15, -0.1) is 0 Å². The van der Waals surface area contributed by atoms with Gasteiger partial charge in [-0.25, -0.2) is 15.0 Å². The molecule has 0 bridgehead atoms. The molecule has 9 rings (SSSR count). The Bertz CT molecular complexity index is 2700. The van der Waals surface area contributed by atoms with E-state index in [2.05, 4.69) is 60.9 Å². The van der Waals surface area contributed by atoms with Crippen LogP contribution < -0.4 is 20.1 Å². The predicted molar refractivity (Wildman–Crippen MR) is 253 cm³/mol. The Hall–Kier alpha value is -6.89. The van der Waals surface area contributed by atoms with Crippen molar-refractivity contribution in [1.82, 2.24) is 24.8 Å². The van der Waals surface area contributed by atoms with Crippen LogP contribution in [0.2, 0.25) is 0 Å². The zero-order chi connectivity index (χ0) is 45.0. The molecule has 0 saturated carbocycles. The summed E-state index contributed by atoms with van der Waals surface area (Å²) in [5.74, 6) is 1.92. The van der Waals surface area contributed by atoms with Crippen molar-refractivity contribution in [2.75, 3.05) is 19.5 Å². The van der Waals surface area contributed by atoms with E-state index in [1.54, 1.807) is 20.5 Å². The molecule has 6 aromatic carbocycles. The van der Waals surface area contributed by atoms with E-state index in [-0.39, 0.29) is 6.04 Å². The van der Waals surface area contributed by atoms with Crippen molar-refractivity contribution < 1.29 is 24.4 Å². The molecule has 2 unspecified atom stereocenters. The maximum absolute atomic E-state index is 13.3. The van der Waals surface area contributed by atoms with Gasteiger partial charge in [0, 0.05) is 6.04 Å². The van der Waals surface area contributed by atoms with Gasteiger partial charge in [0.2, 0.25) is 0 Å². The third-order valence-corrected chi connectivity index (χ3v) is 13.0. The maximum atomic E-state index is 13.3. The van der Waals surface area contributed by atoms with Crippen LogP contribution in [-0.2, 0) is 15.7 Å². The number of ether oxygens (including phenoxy) is 3. The standard InChI is InChI=1S/C54H54N6O5/c1-5-36(2)58-45-47(61)48(49(62)53(37-18-10-6-11-19-37,38-20-12-7-13-21-38)39-26-30-43(63-3)31-27-39)65-52(45)60-35-57-46-50(55-34-56-51(46)60)59-54(40-22-14-8-15-23-40,41-24-16-9-17-25-41)42-28-32-44(64-4)33-29-42/h6-36,45,47-49,52,58,61-62H,5H2,1-4H3,(H,55,56,59)/t36?,45-,47+,48+,49?,52-/m1/s1. The number of anilines is 1. The highest BCUT2D eigenvalue weighted by Crippen LogP contribution is 2.48. The Balaban J connectivity index is 1.18. The second-order valence-electron chi connectivity index (χ2n) is 16.6. The Morgan fingerprint density at radius 2 is 1.11 bits per heavy atom. The molecule has 1 aliphatic heterocycles. The van der Waals surface area contributed by atoms with Gasteiger partial charge in [-0.05, 0) is 71.0 Å². The number of aliphatic hydroxyl groups is 2. The van der Waals surface area contributed by atoms with Crippen molar-refractivity contribution in [2.24, 2.45) is 0 Å². The number of aliphatic hydroxyl groups excluding tert-OH is 2. The van der Waals surface area contributed by atoms with Gasteiger partial charge in [-0.2, -0.15) is 0 Å². The summed E-state index contributed by atoms with van der Waals surface area (Å²) in [6.07, 6.45) is -0.421. The minimum atomic E-state index is -1.30. The molecule has 6 atom stereocenters. The molecule has 3 heterocycles. The van der Waals surface area contributed by atoms with E-state index < -0.39 is 41.5 Å². The quantitative estimate of drug-likeness (QED) is 0.0699. The summed E-state index contributed by atoms with van der Waals surface area (Å²) < 4.78 is 20.1. The highest BCUT2D eigenvalue weighted by atomic mass is 16.5. The molecule has 0 spiro atoms. The molecule has 330 valence electrons. The van der Waals surface area contributed by atoms with E-state index in [0.717, 1.165) is 45.6 Å². The molecule has 4 N–H and O–H groups in total. The summed E-state index contributed by atoms with van der Waals surface area (Å²) in [5, 5.41) is 33.5. The van der Waals surface area contributed by atoms with Gasteiger partial charge >= 0.3 is 0 Å². The summed E-state index contributed by atoms with van der Waals surface area (Å²) in [4.78, 5) is 14.7. The first-order chi connectivity index (χ1) is 31.8. The second kappa shape index (κ2) is 18.7. The second-order valence-corrected chi connectivity index (χ2v) is 16.6. The monoisotopic (exact) mass is 866 g/mol. The lowest BCUT2D eigenvalue weighted by Crippen LogP contribution is -2.54. The third kappa shape index (κ3) is 7.80. The van der Waals surface area contributed by atoms with Gasteiger partial charge in [0.1, 0.15) is 41.7 Å². The topological polar surface area (TPSA) is 136 Å². The fourth-order valence-corrected chi connectivity index (χ4v) is 9.58. The highest BCUT2D eigenvalue weighted by Gasteiger charge is 2.56. The van der Waals surface area contributed by atoms with Gasteiger partial charge in [0.05, 0.1) is 32.0 Å². The molecule has 0 radical (unpaired) electrons. The number of methoxy groups -OCH3 is 2. The summed E-state index contributed by atoms with van der Waals surface area (Å²) in [5.41, 5.74) is 4.27.